The smallest absolute Gasteiger partial charge is 0.338 e. The molecule has 4 nitrogen and oxygen atoms in total. The van der Waals surface area contributed by atoms with Crippen molar-refractivity contribution in [3.63, 3.8) is 0 Å². The van der Waals surface area contributed by atoms with Crippen molar-refractivity contribution in [2.24, 2.45) is 5.92 Å². The molecule has 2 atom stereocenters. The fourth-order valence-corrected chi connectivity index (χ4v) is 3.28. The number of benzene rings is 1. The van der Waals surface area contributed by atoms with Crippen LogP contribution in [0, 0.1) is 5.92 Å². The summed E-state index contributed by atoms with van der Waals surface area (Å²) in [6.07, 6.45) is 1.22. The largest absolute Gasteiger partial charge is 0.456 e. The highest BCUT2D eigenvalue weighted by Gasteiger charge is 2.52. The number of ether oxygens (including phenoxy) is 2. The third-order valence-corrected chi connectivity index (χ3v) is 4.26. The lowest BCUT2D eigenvalue weighted by Gasteiger charge is -2.24. The number of hydrogen-bond donors (Lipinski definition) is 0. The maximum absolute atomic E-state index is 12.1. The molecule has 0 spiro atoms. The quantitative estimate of drug-likeness (QED) is 0.745. The van der Waals surface area contributed by atoms with Crippen LogP contribution in [0.4, 0.5) is 0 Å². The highest BCUT2D eigenvalue weighted by Crippen LogP contribution is 2.50. The Hall–Kier alpha value is -1.84. The van der Waals surface area contributed by atoms with E-state index in [1.165, 1.54) is 0 Å². The Labute approximate surface area is 124 Å². The summed E-state index contributed by atoms with van der Waals surface area (Å²) in [4.78, 5) is 23.6. The summed E-state index contributed by atoms with van der Waals surface area (Å²) in [5, 5.41) is 0. The Bertz CT molecular complexity index is 626. The molecule has 0 amide bonds. The second-order valence-corrected chi connectivity index (χ2v) is 7.06. The average molecular weight is 288 g/mol. The Morgan fingerprint density at radius 1 is 1.33 bits per heavy atom. The molecule has 1 heterocycles. The Kier molecular flexibility index (Phi) is 2.91. The van der Waals surface area contributed by atoms with Gasteiger partial charge in [0.05, 0.1) is 12.0 Å². The molecule has 1 aromatic carbocycles. The van der Waals surface area contributed by atoms with Crippen LogP contribution in [0.1, 0.15) is 55.6 Å². The molecule has 2 aliphatic rings. The molecule has 0 bridgehead atoms. The highest BCUT2D eigenvalue weighted by atomic mass is 16.6. The van der Waals surface area contributed by atoms with Crippen LogP contribution in [0.2, 0.25) is 0 Å². The van der Waals surface area contributed by atoms with Crippen molar-refractivity contribution >= 4 is 11.9 Å². The zero-order valence-corrected chi connectivity index (χ0v) is 12.9. The van der Waals surface area contributed by atoms with Crippen molar-refractivity contribution in [3.8, 4) is 0 Å². The molecule has 1 fully saturated rings. The van der Waals surface area contributed by atoms with Crippen LogP contribution in [-0.2, 0) is 26.3 Å². The summed E-state index contributed by atoms with van der Waals surface area (Å²) >= 11 is 0. The fourth-order valence-electron chi connectivity index (χ4n) is 3.28. The summed E-state index contributed by atoms with van der Waals surface area (Å²) < 4.78 is 10.9. The summed E-state index contributed by atoms with van der Waals surface area (Å²) in [5.74, 6) is -0.275. The SMILES string of the molecule is CC(C)(C)OC(=O)c1ccc2c(c1)C[C@H]1CC(=O)O[C@@]21C. The molecule has 0 unspecified atom stereocenters. The molecule has 4 heteroatoms. The van der Waals surface area contributed by atoms with Gasteiger partial charge in [0.25, 0.3) is 0 Å². The number of hydrogen-bond acceptors (Lipinski definition) is 4. The van der Waals surface area contributed by atoms with Crippen molar-refractivity contribution in [2.75, 3.05) is 0 Å². The van der Waals surface area contributed by atoms with Gasteiger partial charge in [0, 0.05) is 5.92 Å². The third kappa shape index (κ3) is 2.33. The van der Waals surface area contributed by atoms with E-state index in [-0.39, 0.29) is 17.9 Å². The monoisotopic (exact) mass is 288 g/mol. The number of carbonyl (C=O) groups is 2. The van der Waals surface area contributed by atoms with Gasteiger partial charge in [-0.2, -0.15) is 0 Å². The standard InChI is InChI=1S/C17H20O4/c1-16(2,3)21-15(19)10-5-6-13-11(7-10)8-12-9-14(18)20-17(12,13)4/h5-7,12H,8-9H2,1-4H3/t12-,17+/m0/s1. The van der Waals surface area contributed by atoms with Crippen LogP contribution >= 0.6 is 0 Å². The first-order valence-electron chi connectivity index (χ1n) is 7.28. The molecule has 0 aromatic heterocycles. The van der Waals surface area contributed by atoms with Crippen LogP contribution in [0.25, 0.3) is 0 Å². The average Bonchev–Trinajstić information content (AvgIpc) is 2.75. The van der Waals surface area contributed by atoms with Crippen LogP contribution in [0.5, 0.6) is 0 Å². The Balaban J connectivity index is 1.90. The van der Waals surface area contributed by atoms with Crippen LogP contribution in [-0.4, -0.2) is 17.5 Å². The van der Waals surface area contributed by atoms with Crippen LogP contribution in [0.15, 0.2) is 18.2 Å². The number of fused-ring (bicyclic) bond motifs is 3. The first-order valence-corrected chi connectivity index (χ1v) is 7.28. The molecule has 0 saturated carbocycles. The van der Waals surface area contributed by atoms with Gasteiger partial charge in [-0.3, -0.25) is 4.79 Å². The molecule has 1 aliphatic carbocycles. The van der Waals surface area contributed by atoms with E-state index in [4.69, 9.17) is 9.47 Å². The molecule has 112 valence electrons. The molecular formula is C17H20O4. The third-order valence-electron chi connectivity index (χ3n) is 4.26. The fraction of sp³-hybridized carbons (Fsp3) is 0.529. The van der Waals surface area contributed by atoms with Gasteiger partial charge in [-0.05, 0) is 57.4 Å². The van der Waals surface area contributed by atoms with Crippen molar-refractivity contribution in [1.82, 2.24) is 0 Å². The summed E-state index contributed by atoms with van der Waals surface area (Å²) in [6.45, 7) is 7.51. The highest BCUT2D eigenvalue weighted by molar-refractivity contribution is 5.90. The van der Waals surface area contributed by atoms with Gasteiger partial charge in [0.2, 0.25) is 0 Å². The van der Waals surface area contributed by atoms with E-state index in [2.05, 4.69) is 0 Å². The van der Waals surface area contributed by atoms with Crippen molar-refractivity contribution in [1.29, 1.82) is 0 Å². The van der Waals surface area contributed by atoms with Crippen molar-refractivity contribution in [3.05, 3.63) is 34.9 Å². The number of carbonyl (C=O) groups excluding carboxylic acids is 2. The molecule has 1 aliphatic heterocycles. The zero-order chi connectivity index (χ0) is 15.4. The Morgan fingerprint density at radius 3 is 2.71 bits per heavy atom. The lowest BCUT2D eigenvalue weighted by atomic mass is 9.89. The number of rotatable bonds is 1. The second kappa shape index (κ2) is 4.33. The summed E-state index contributed by atoms with van der Waals surface area (Å²) in [5.41, 5.74) is 1.62. The minimum absolute atomic E-state index is 0.135. The first kappa shape index (κ1) is 14.1. The van der Waals surface area contributed by atoms with E-state index in [0.717, 1.165) is 17.5 Å². The molecule has 3 rings (SSSR count). The molecule has 0 radical (unpaired) electrons. The van der Waals surface area contributed by atoms with Crippen LogP contribution < -0.4 is 0 Å². The van der Waals surface area contributed by atoms with E-state index < -0.39 is 11.2 Å². The van der Waals surface area contributed by atoms with Gasteiger partial charge in [0.1, 0.15) is 11.2 Å². The first-order chi connectivity index (χ1) is 9.69. The van der Waals surface area contributed by atoms with E-state index in [1.807, 2.05) is 39.8 Å². The van der Waals surface area contributed by atoms with E-state index >= 15 is 0 Å². The van der Waals surface area contributed by atoms with Gasteiger partial charge in [-0.15, -0.1) is 0 Å². The molecule has 21 heavy (non-hydrogen) atoms. The molecular weight excluding hydrogens is 268 g/mol. The van der Waals surface area contributed by atoms with Gasteiger partial charge in [0.15, 0.2) is 0 Å². The lowest BCUT2D eigenvalue weighted by Crippen LogP contribution is -2.25. The van der Waals surface area contributed by atoms with Gasteiger partial charge in [-0.1, -0.05) is 6.07 Å². The van der Waals surface area contributed by atoms with E-state index in [1.54, 1.807) is 6.07 Å². The topological polar surface area (TPSA) is 52.6 Å². The van der Waals surface area contributed by atoms with Gasteiger partial charge < -0.3 is 9.47 Å². The molecule has 1 aromatic rings. The van der Waals surface area contributed by atoms with Gasteiger partial charge in [-0.25, -0.2) is 4.79 Å². The van der Waals surface area contributed by atoms with E-state index in [0.29, 0.717) is 12.0 Å². The predicted octanol–water partition coefficient (Wildman–Crippen LogP) is 2.98. The molecule has 1 saturated heterocycles. The van der Waals surface area contributed by atoms with Crippen LogP contribution in [0.3, 0.4) is 0 Å². The zero-order valence-electron chi connectivity index (χ0n) is 12.9. The minimum atomic E-state index is -0.529. The van der Waals surface area contributed by atoms with Gasteiger partial charge >= 0.3 is 11.9 Å². The number of esters is 2. The summed E-state index contributed by atoms with van der Waals surface area (Å²) in [6, 6.07) is 5.53. The lowest BCUT2D eigenvalue weighted by molar-refractivity contribution is -0.148. The normalized spacial score (nSPS) is 27.0. The van der Waals surface area contributed by atoms with Crippen molar-refractivity contribution in [2.45, 2.75) is 51.7 Å². The van der Waals surface area contributed by atoms with Crippen molar-refractivity contribution < 1.29 is 19.1 Å². The van der Waals surface area contributed by atoms with E-state index in [9.17, 15) is 9.59 Å². The minimum Gasteiger partial charge on any atom is -0.456 e. The predicted molar refractivity (Wildman–Crippen MR) is 76.9 cm³/mol. The maximum atomic E-state index is 12.1. The Morgan fingerprint density at radius 2 is 2.05 bits per heavy atom. The maximum Gasteiger partial charge on any atom is 0.338 e. The second-order valence-electron chi connectivity index (χ2n) is 7.06. The molecule has 0 N–H and O–H groups in total. The summed E-state index contributed by atoms with van der Waals surface area (Å²) in [7, 11) is 0.